The molecule has 0 fully saturated rings. The molecule has 63 heavy (non-hydrogen) atoms. The minimum Gasteiger partial charge on any atom is -0.309 e. The van der Waals surface area contributed by atoms with Crippen LogP contribution in [0.2, 0.25) is 0 Å². The van der Waals surface area contributed by atoms with Gasteiger partial charge in [0.05, 0.1) is 33.3 Å². The number of rotatable bonds is 4. The lowest BCUT2D eigenvalue weighted by molar-refractivity contribution is 1.18. The summed E-state index contributed by atoms with van der Waals surface area (Å²) in [5.74, 6) is 0.710. The van der Waals surface area contributed by atoms with E-state index in [1.807, 2.05) is 11.3 Å². The fourth-order valence-corrected chi connectivity index (χ4v) is 11.4. The van der Waals surface area contributed by atoms with Gasteiger partial charge in [-0.15, -0.1) is 11.3 Å². The van der Waals surface area contributed by atoms with Crippen LogP contribution in [0.4, 0.5) is 0 Å². The number of fused-ring (bicyclic) bond motifs is 12. The smallest absolute Gasteiger partial charge is 0.161 e. The van der Waals surface area contributed by atoms with Gasteiger partial charge < -0.3 is 9.13 Å². The molecule has 10 aromatic carbocycles. The second-order valence-electron chi connectivity index (χ2n) is 16.6. The highest BCUT2D eigenvalue weighted by molar-refractivity contribution is 7.25. The molecular weight excluding hydrogens is 785 g/mol. The van der Waals surface area contributed by atoms with E-state index in [0.29, 0.717) is 5.82 Å². The molecule has 0 saturated carbocycles. The van der Waals surface area contributed by atoms with Gasteiger partial charge in [0.1, 0.15) is 0 Å². The summed E-state index contributed by atoms with van der Waals surface area (Å²) in [5, 5.41) is 13.2. The number of benzene rings is 10. The fraction of sp³-hybridized carbons (Fsp3) is 0. The lowest BCUT2D eigenvalue weighted by Crippen LogP contribution is -1.99. The van der Waals surface area contributed by atoms with Gasteiger partial charge in [-0.3, -0.25) is 0 Å². The maximum atomic E-state index is 5.49. The molecule has 14 aromatic rings. The first-order valence-corrected chi connectivity index (χ1v) is 22.2. The third-order valence-corrected chi connectivity index (χ3v) is 14.2. The molecule has 0 saturated heterocycles. The number of hydrogen-bond donors (Lipinski definition) is 0. The van der Waals surface area contributed by atoms with Crippen molar-refractivity contribution in [2.75, 3.05) is 0 Å². The van der Waals surface area contributed by atoms with Crippen molar-refractivity contribution in [3.8, 4) is 34.0 Å². The molecule has 0 spiro atoms. The van der Waals surface area contributed by atoms with Crippen LogP contribution in [0.1, 0.15) is 0 Å². The number of thiophene rings is 1. The van der Waals surface area contributed by atoms with E-state index in [1.54, 1.807) is 0 Å². The highest BCUT2D eigenvalue weighted by Gasteiger charge is 2.20. The van der Waals surface area contributed by atoms with Gasteiger partial charge in [-0.25, -0.2) is 9.97 Å². The highest BCUT2D eigenvalue weighted by atomic mass is 32.1. The molecule has 0 radical (unpaired) electrons. The summed E-state index contributed by atoms with van der Waals surface area (Å²) in [4.78, 5) is 10.8. The second-order valence-corrected chi connectivity index (χ2v) is 17.6. The molecule has 0 bridgehead atoms. The summed E-state index contributed by atoms with van der Waals surface area (Å²) in [6.45, 7) is 0. The summed E-state index contributed by atoms with van der Waals surface area (Å²) in [6.07, 6.45) is 0. The first kappa shape index (κ1) is 34.6. The topological polar surface area (TPSA) is 35.6 Å². The monoisotopic (exact) mass is 818 g/mol. The molecule has 0 aliphatic rings. The molecule has 292 valence electrons. The molecule has 5 heteroatoms. The van der Waals surface area contributed by atoms with E-state index in [4.69, 9.17) is 9.97 Å². The summed E-state index contributed by atoms with van der Waals surface area (Å²) in [6, 6.07) is 75.0. The van der Waals surface area contributed by atoms with Crippen molar-refractivity contribution in [1.29, 1.82) is 0 Å². The summed E-state index contributed by atoms with van der Waals surface area (Å²) < 4.78 is 7.38. The molecule has 0 amide bonds. The zero-order chi connectivity index (χ0) is 41.2. The Kier molecular flexibility index (Phi) is 7.24. The summed E-state index contributed by atoms with van der Waals surface area (Å²) >= 11 is 1.83. The molecule has 0 aliphatic carbocycles. The SMILES string of the molecule is c1ccc2c(-c3nc(-c4ccc5c(c4)sc4ccccc45)c4ccccc4n3)cc(-n3c4ccccc4c4cc5cc(-n6c7ccccc7c7ccccc76)ccc5cc43)cc2c1. The zero-order valence-corrected chi connectivity index (χ0v) is 34.6. The van der Waals surface area contributed by atoms with E-state index >= 15 is 0 Å². The second kappa shape index (κ2) is 13.2. The number of para-hydroxylation sites is 4. The maximum Gasteiger partial charge on any atom is 0.161 e. The minimum absolute atomic E-state index is 0.710. The van der Waals surface area contributed by atoms with Crippen LogP contribution in [0.15, 0.2) is 206 Å². The van der Waals surface area contributed by atoms with Gasteiger partial charge in [-0.1, -0.05) is 133 Å². The average Bonchev–Trinajstić information content (AvgIpc) is 3.99. The standard InChI is InChI=1S/C58H34N4S/c1-2-14-41-36(13-1)29-40(34-49(41)58-59-50-20-8-3-19-47(50)57(60-58)37-26-28-46-45-18-7-12-24-55(45)63-56(46)33-37)62-53-23-11-6-17-44(53)48-31-38-30-39(27-25-35(38)32-54(48)62)61-51-21-9-4-15-42(51)43-16-5-10-22-52(43)61/h1-34H. The van der Waals surface area contributed by atoms with Crippen LogP contribution in [-0.2, 0) is 0 Å². The van der Waals surface area contributed by atoms with Crippen LogP contribution in [0.5, 0.6) is 0 Å². The number of aromatic nitrogens is 4. The largest absolute Gasteiger partial charge is 0.309 e. The molecule has 0 aliphatic heterocycles. The lowest BCUT2D eigenvalue weighted by atomic mass is 10.0. The van der Waals surface area contributed by atoms with Crippen molar-refractivity contribution < 1.29 is 0 Å². The van der Waals surface area contributed by atoms with Gasteiger partial charge in [0.2, 0.25) is 0 Å². The predicted molar refractivity (Wildman–Crippen MR) is 267 cm³/mol. The van der Waals surface area contributed by atoms with Gasteiger partial charge in [-0.05, 0) is 94.3 Å². The molecule has 4 nitrogen and oxygen atoms in total. The fourth-order valence-electron chi connectivity index (χ4n) is 10.2. The van der Waals surface area contributed by atoms with E-state index in [0.717, 1.165) is 60.9 Å². The summed E-state index contributed by atoms with van der Waals surface area (Å²) in [5.41, 5.74) is 10.9. The van der Waals surface area contributed by atoms with Gasteiger partial charge in [-0.2, -0.15) is 0 Å². The van der Waals surface area contributed by atoms with Gasteiger partial charge in [0.15, 0.2) is 5.82 Å². The Morgan fingerprint density at radius 3 is 1.71 bits per heavy atom. The van der Waals surface area contributed by atoms with E-state index in [2.05, 4.69) is 215 Å². The van der Waals surface area contributed by atoms with Crippen molar-refractivity contribution in [3.05, 3.63) is 206 Å². The van der Waals surface area contributed by atoms with Gasteiger partial charge in [0.25, 0.3) is 0 Å². The molecule has 4 aromatic heterocycles. The van der Waals surface area contributed by atoms with Crippen LogP contribution in [-0.4, -0.2) is 19.1 Å². The zero-order valence-electron chi connectivity index (χ0n) is 33.8. The molecule has 0 atom stereocenters. The van der Waals surface area contributed by atoms with Crippen LogP contribution < -0.4 is 0 Å². The molecular formula is C58H34N4S. The maximum absolute atomic E-state index is 5.49. The van der Waals surface area contributed by atoms with Crippen LogP contribution >= 0.6 is 11.3 Å². The molecule has 0 unspecified atom stereocenters. The third-order valence-electron chi connectivity index (χ3n) is 13.1. The van der Waals surface area contributed by atoms with Crippen molar-refractivity contribution in [3.63, 3.8) is 0 Å². The average molecular weight is 819 g/mol. The van der Waals surface area contributed by atoms with Gasteiger partial charge in [0, 0.05) is 69.6 Å². The first-order valence-electron chi connectivity index (χ1n) is 21.4. The van der Waals surface area contributed by atoms with E-state index in [1.165, 1.54) is 63.5 Å². The lowest BCUT2D eigenvalue weighted by Gasteiger charge is -2.15. The third kappa shape index (κ3) is 5.15. The predicted octanol–water partition coefficient (Wildman–Crippen LogP) is 15.8. The Morgan fingerprint density at radius 2 is 0.937 bits per heavy atom. The van der Waals surface area contributed by atoms with E-state index < -0.39 is 0 Å². The molecule has 0 N–H and O–H groups in total. The Bertz CT molecular complexity index is 4170. The van der Waals surface area contributed by atoms with Crippen molar-refractivity contribution >= 4 is 108 Å². The normalized spacial score (nSPS) is 12.1. The Balaban J connectivity index is 0.978. The van der Waals surface area contributed by atoms with E-state index in [-0.39, 0.29) is 0 Å². The highest BCUT2D eigenvalue weighted by Crippen LogP contribution is 2.41. The Labute approximate surface area is 365 Å². The van der Waals surface area contributed by atoms with Crippen LogP contribution in [0.25, 0.3) is 130 Å². The Morgan fingerprint density at radius 1 is 0.333 bits per heavy atom. The van der Waals surface area contributed by atoms with E-state index in [9.17, 15) is 0 Å². The minimum atomic E-state index is 0.710. The number of nitrogens with zero attached hydrogens (tertiary/aromatic N) is 4. The van der Waals surface area contributed by atoms with Crippen molar-refractivity contribution in [2.24, 2.45) is 0 Å². The van der Waals surface area contributed by atoms with Crippen molar-refractivity contribution in [2.45, 2.75) is 0 Å². The van der Waals surface area contributed by atoms with Crippen molar-refractivity contribution in [1.82, 2.24) is 19.1 Å². The molecule has 4 heterocycles. The first-order chi connectivity index (χ1) is 31.2. The Hall–Kier alpha value is -8.12. The number of hydrogen-bond acceptors (Lipinski definition) is 3. The van der Waals surface area contributed by atoms with Crippen LogP contribution in [0.3, 0.4) is 0 Å². The quantitative estimate of drug-likeness (QED) is 0.177. The molecule has 14 rings (SSSR count). The van der Waals surface area contributed by atoms with Gasteiger partial charge >= 0.3 is 0 Å². The van der Waals surface area contributed by atoms with Crippen LogP contribution in [0, 0.1) is 0 Å². The summed E-state index contributed by atoms with van der Waals surface area (Å²) in [7, 11) is 0.